The van der Waals surface area contributed by atoms with Crippen LogP contribution < -0.4 is 5.09 Å². The van der Waals surface area contributed by atoms with E-state index in [0.717, 1.165) is 38.6 Å². The number of aliphatic imine (C=N–C) groups is 1. The number of piperazine rings is 1. The lowest BCUT2D eigenvalue weighted by atomic mass is 10.0. The number of rotatable bonds is 6. The third-order valence-corrected chi connectivity index (χ3v) is 8.80. The molecule has 2 aliphatic heterocycles. The molecule has 1 aromatic carbocycles. The fourth-order valence-electron chi connectivity index (χ4n) is 3.99. The Bertz CT molecular complexity index is 800. The van der Waals surface area contributed by atoms with Crippen molar-refractivity contribution in [2.24, 2.45) is 4.99 Å². The summed E-state index contributed by atoms with van der Waals surface area (Å²) in [6, 6.07) is 15.9. The molecule has 0 bridgehead atoms. The second-order valence-electron chi connectivity index (χ2n) is 7.77. The number of nitrogens with zero attached hydrogens (tertiary/aromatic N) is 3. The predicted molar refractivity (Wildman–Crippen MR) is 124 cm³/mol. The standard InChI is InChI=1S/C22H31N4OPS/c1-4-19-21(17-9-6-5-7-10-17)27-22(24-19)26-13-12-25(2)20(16-26)28(3)23-15-18-11-8-14-29-18/h5-11,14,19-21,23H,4,12-13,15-16H2,1-3H3/t19-,20+,21-,28?/m0/s1. The minimum atomic E-state index is -0.323. The zero-order valence-corrected chi connectivity index (χ0v) is 19.2. The first-order chi connectivity index (χ1) is 14.2. The fourth-order valence-corrected chi connectivity index (χ4v) is 6.53. The van der Waals surface area contributed by atoms with Crippen LogP contribution in [0.15, 0.2) is 52.8 Å². The minimum absolute atomic E-state index is 0.0365. The highest BCUT2D eigenvalue weighted by Gasteiger charge is 2.37. The molecule has 2 aromatic rings. The number of ether oxygens (including phenoxy) is 1. The summed E-state index contributed by atoms with van der Waals surface area (Å²) in [5.74, 6) is 0.487. The van der Waals surface area contributed by atoms with Crippen LogP contribution in [-0.2, 0) is 11.3 Å². The van der Waals surface area contributed by atoms with Gasteiger partial charge in [0.1, 0.15) is 6.10 Å². The van der Waals surface area contributed by atoms with Gasteiger partial charge in [-0.2, -0.15) is 0 Å². The van der Waals surface area contributed by atoms with E-state index in [0.29, 0.717) is 5.78 Å². The monoisotopic (exact) mass is 430 g/mol. The lowest BCUT2D eigenvalue weighted by molar-refractivity contribution is 0.127. The van der Waals surface area contributed by atoms with Gasteiger partial charge in [-0.3, -0.25) is 9.99 Å². The third kappa shape index (κ3) is 4.83. The zero-order chi connectivity index (χ0) is 20.2. The first kappa shape index (κ1) is 20.8. The van der Waals surface area contributed by atoms with Crippen LogP contribution in [0.5, 0.6) is 0 Å². The third-order valence-electron chi connectivity index (χ3n) is 5.82. The number of nitrogens with one attached hydrogen (secondary N) is 1. The molecule has 1 unspecified atom stereocenters. The second-order valence-corrected chi connectivity index (χ2v) is 10.9. The Kier molecular flexibility index (Phi) is 6.86. The normalized spacial score (nSPS) is 26.2. The van der Waals surface area contributed by atoms with Crippen LogP contribution in [0, 0.1) is 0 Å². The molecule has 1 fully saturated rings. The summed E-state index contributed by atoms with van der Waals surface area (Å²) in [7, 11) is 1.92. The average molecular weight is 431 g/mol. The molecular weight excluding hydrogens is 399 g/mol. The fraction of sp³-hybridized carbons (Fsp3) is 0.500. The maximum atomic E-state index is 6.42. The van der Waals surface area contributed by atoms with E-state index in [1.165, 1.54) is 10.4 Å². The molecule has 4 rings (SSSR count). The van der Waals surface area contributed by atoms with Crippen LogP contribution >= 0.6 is 19.4 Å². The minimum Gasteiger partial charge on any atom is -0.455 e. The molecule has 0 radical (unpaired) electrons. The van der Waals surface area contributed by atoms with Gasteiger partial charge in [0.2, 0.25) is 0 Å². The Morgan fingerprint density at radius 3 is 2.76 bits per heavy atom. The van der Waals surface area contributed by atoms with Crippen LogP contribution in [0.1, 0.15) is 29.9 Å². The maximum absolute atomic E-state index is 6.42. The van der Waals surface area contributed by atoms with Crippen molar-refractivity contribution in [3.8, 4) is 0 Å². The highest BCUT2D eigenvalue weighted by molar-refractivity contribution is 7.55. The number of thiophene rings is 1. The van der Waals surface area contributed by atoms with Gasteiger partial charge >= 0.3 is 0 Å². The zero-order valence-electron chi connectivity index (χ0n) is 17.5. The smallest absolute Gasteiger partial charge is 0.288 e. The van der Waals surface area contributed by atoms with E-state index in [1.54, 1.807) is 0 Å². The summed E-state index contributed by atoms with van der Waals surface area (Å²) in [6.07, 6.45) is 1.03. The largest absolute Gasteiger partial charge is 0.455 e. The average Bonchev–Trinajstić information content (AvgIpc) is 3.43. The molecule has 2 aliphatic rings. The molecule has 0 amide bonds. The van der Waals surface area contributed by atoms with E-state index in [-0.39, 0.29) is 20.2 Å². The molecule has 0 aliphatic carbocycles. The Morgan fingerprint density at radius 1 is 1.21 bits per heavy atom. The predicted octanol–water partition coefficient (Wildman–Crippen LogP) is 4.34. The molecule has 156 valence electrons. The Morgan fingerprint density at radius 2 is 2.03 bits per heavy atom. The molecular formula is C22H31N4OPS. The molecule has 1 N–H and O–H groups in total. The van der Waals surface area contributed by atoms with Gasteiger partial charge in [-0.1, -0.05) is 43.3 Å². The maximum Gasteiger partial charge on any atom is 0.288 e. The Labute approximate surface area is 179 Å². The van der Waals surface area contributed by atoms with Crippen LogP contribution in [0.4, 0.5) is 0 Å². The highest BCUT2D eigenvalue weighted by atomic mass is 32.1. The second kappa shape index (κ2) is 9.57. The summed E-state index contributed by atoms with van der Waals surface area (Å²) in [4.78, 5) is 11.2. The first-order valence-corrected chi connectivity index (χ1v) is 13.1. The Hall–Kier alpha value is -1.46. The highest BCUT2D eigenvalue weighted by Crippen LogP contribution is 2.38. The number of amidine groups is 1. The van der Waals surface area contributed by atoms with Crippen molar-refractivity contribution in [3.63, 3.8) is 0 Å². The lowest BCUT2D eigenvalue weighted by Gasteiger charge is -2.42. The van der Waals surface area contributed by atoms with Gasteiger partial charge in [0.05, 0.1) is 11.8 Å². The van der Waals surface area contributed by atoms with E-state index in [1.807, 2.05) is 11.3 Å². The van der Waals surface area contributed by atoms with E-state index in [2.05, 4.69) is 83.4 Å². The summed E-state index contributed by atoms with van der Waals surface area (Å²) >= 11 is 1.82. The van der Waals surface area contributed by atoms with Gasteiger partial charge in [-0.15, -0.1) is 11.3 Å². The van der Waals surface area contributed by atoms with E-state index < -0.39 is 0 Å². The van der Waals surface area contributed by atoms with Gasteiger partial charge in [0, 0.05) is 31.1 Å². The summed E-state index contributed by atoms with van der Waals surface area (Å²) in [6.45, 7) is 8.48. The quantitative estimate of drug-likeness (QED) is 0.692. The van der Waals surface area contributed by atoms with Crippen LogP contribution in [-0.4, -0.2) is 61.0 Å². The molecule has 4 atom stereocenters. The van der Waals surface area contributed by atoms with Crippen LogP contribution in [0.2, 0.25) is 0 Å². The number of likely N-dealkylation sites (N-methyl/N-ethyl adjacent to an activating group) is 1. The van der Waals surface area contributed by atoms with Gasteiger partial charge in [-0.05, 0) is 45.2 Å². The van der Waals surface area contributed by atoms with Gasteiger partial charge < -0.3 is 9.64 Å². The van der Waals surface area contributed by atoms with Gasteiger partial charge in [-0.25, -0.2) is 4.99 Å². The molecule has 1 aromatic heterocycles. The molecule has 0 spiro atoms. The number of hydrogen-bond donors (Lipinski definition) is 1. The molecule has 5 nitrogen and oxygen atoms in total. The number of benzene rings is 1. The molecule has 0 saturated carbocycles. The van der Waals surface area contributed by atoms with E-state index in [9.17, 15) is 0 Å². The first-order valence-electron chi connectivity index (χ1n) is 10.4. The van der Waals surface area contributed by atoms with Crippen molar-refractivity contribution >= 4 is 25.4 Å². The topological polar surface area (TPSA) is 40.1 Å². The molecule has 1 saturated heterocycles. The lowest BCUT2D eigenvalue weighted by Crippen LogP contribution is -2.53. The van der Waals surface area contributed by atoms with Crippen molar-refractivity contribution in [2.75, 3.05) is 33.3 Å². The van der Waals surface area contributed by atoms with Crippen molar-refractivity contribution in [1.82, 2.24) is 14.9 Å². The summed E-state index contributed by atoms with van der Waals surface area (Å²) < 4.78 is 6.42. The van der Waals surface area contributed by atoms with E-state index >= 15 is 0 Å². The Balaban J connectivity index is 1.40. The van der Waals surface area contributed by atoms with Crippen molar-refractivity contribution < 1.29 is 4.74 Å². The molecule has 29 heavy (non-hydrogen) atoms. The molecule has 3 heterocycles. The van der Waals surface area contributed by atoms with E-state index in [4.69, 9.17) is 9.73 Å². The van der Waals surface area contributed by atoms with Crippen molar-refractivity contribution in [2.45, 2.75) is 37.8 Å². The number of hydrogen-bond acceptors (Lipinski definition) is 6. The summed E-state index contributed by atoms with van der Waals surface area (Å²) in [5, 5.41) is 5.92. The van der Waals surface area contributed by atoms with Crippen molar-refractivity contribution in [1.29, 1.82) is 0 Å². The van der Waals surface area contributed by atoms with Crippen LogP contribution in [0.25, 0.3) is 0 Å². The SMILES string of the molecule is CC[C@@H]1N=C(N2CCN(C)[C@H](P(C)NCc3cccs3)C2)O[C@H]1c1ccccc1. The summed E-state index contributed by atoms with van der Waals surface area (Å²) in [5.41, 5.74) is 1.22. The van der Waals surface area contributed by atoms with Gasteiger partial charge in [0.25, 0.3) is 6.02 Å². The van der Waals surface area contributed by atoms with Gasteiger partial charge in [0.15, 0.2) is 0 Å². The van der Waals surface area contributed by atoms with Crippen molar-refractivity contribution in [3.05, 3.63) is 58.3 Å². The molecule has 7 heteroatoms. The van der Waals surface area contributed by atoms with Crippen LogP contribution in [0.3, 0.4) is 0 Å².